The number of ketones is 1. The number of hydrogen-bond acceptors (Lipinski definition) is 1. The third-order valence-electron chi connectivity index (χ3n) is 3.26. The quantitative estimate of drug-likeness (QED) is 0.611. The molecule has 1 nitrogen and oxygen atoms in total. The molecule has 0 aliphatic heterocycles. The molecule has 0 spiro atoms. The minimum atomic E-state index is 0. The smallest absolute Gasteiger partial charge is 0.159 e. The lowest BCUT2D eigenvalue weighted by molar-refractivity contribution is -0.116. The Labute approximate surface area is 115 Å². The average molecular weight is 297 g/mol. The predicted molar refractivity (Wildman–Crippen MR) is 78.3 cm³/mol. The highest BCUT2D eigenvalue weighted by Crippen LogP contribution is 2.38. The molecule has 0 radical (unpaired) electrons. The number of hydrogen-bond donors (Lipinski definition) is 0. The van der Waals surface area contributed by atoms with E-state index in [2.05, 4.69) is 25.7 Å². The van der Waals surface area contributed by atoms with Gasteiger partial charge in [-0.1, -0.05) is 31.8 Å². The van der Waals surface area contributed by atoms with Gasteiger partial charge in [0.1, 0.15) is 0 Å². The highest BCUT2D eigenvalue weighted by Gasteiger charge is 2.31. The molecule has 0 atom stereocenters. The van der Waals surface area contributed by atoms with Crippen molar-refractivity contribution in [1.29, 1.82) is 0 Å². The summed E-state index contributed by atoms with van der Waals surface area (Å²) in [5.74, 6) is 6.54. The summed E-state index contributed by atoms with van der Waals surface area (Å²) in [4.78, 5) is 11.7. The minimum Gasteiger partial charge on any atom is -0.295 e. The summed E-state index contributed by atoms with van der Waals surface area (Å²) in [6.07, 6.45) is 3.55. The van der Waals surface area contributed by atoms with Crippen LogP contribution in [0.25, 0.3) is 0 Å². The maximum Gasteiger partial charge on any atom is 0.159 e. The standard InChI is InChI=1S/C15H20O.BrH/c1-6-11(2)7-8-13-12(3)14(16)9-10-15(13,4)5;/h6H,9-10H2,1-5H3;1H. The highest BCUT2D eigenvalue weighted by molar-refractivity contribution is 8.93. The van der Waals surface area contributed by atoms with Crippen LogP contribution >= 0.6 is 17.0 Å². The molecule has 0 fully saturated rings. The molecular weight excluding hydrogens is 276 g/mol. The van der Waals surface area contributed by atoms with E-state index in [-0.39, 0.29) is 28.2 Å². The Morgan fingerprint density at radius 3 is 2.53 bits per heavy atom. The molecule has 1 rings (SSSR count). The second-order valence-corrected chi connectivity index (χ2v) is 5.03. The van der Waals surface area contributed by atoms with Crippen molar-refractivity contribution in [3.05, 3.63) is 22.8 Å². The number of halogens is 1. The number of allylic oxidation sites excluding steroid dienone is 4. The summed E-state index contributed by atoms with van der Waals surface area (Å²) in [6, 6.07) is 0. The first-order valence-corrected chi connectivity index (χ1v) is 5.78. The Morgan fingerprint density at radius 1 is 1.41 bits per heavy atom. The largest absolute Gasteiger partial charge is 0.295 e. The first-order valence-electron chi connectivity index (χ1n) is 5.78. The fourth-order valence-corrected chi connectivity index (χ4v) is 1.88. The van der Waals surface area contributed by atoms with Crippen molar-refractivity contribution in [2.24, 2.45) is 5.41 Å². The molecule has 0 aromatic rings. The van der Waals surface area contributed by atoms with Gasteiger partial charge >= 0.3 is 0 Å². The van der Waals surface area contributed by atoms with Gasteiger partial charge < -0.3 is 0 Å². The Morgan fingerprint density at radius 2 is 2.00 bits per heavy atom. The van der Waals surface area contributed by atoms with Crippen molar-refractivity contribution in [2.45, 2.75) is 47.5 Å². The molecule has 0 saturated heterocycles. The van der Waals surface area contributed by atoms with Crippen LogP contribution in [0.15, 0.2) is 22.8 Å². The zero-order valence-electron chi connectivity index (χ0n) is 11.3. The molecule has 94 valence electrons. The lowest BCUT2D eigenvalue weighted by Crippen LogP contribution is -2.24. The Balaban J connectivity index is 0.00000256. The summed E-state index contributed by atoms with van der Waals surface area (Å²) in [5.41, 5.74) is 2.96. The van der Waals surface area contributed by atoms with E-state index in [1.165, 1.54) is 0 Å². The topological polar surface area (TPSA) is 17.1 Å². The van der Waals surface area contributed by atoms with E-state index in [0.717, 1.165) is 23.1 Å². The average Bonchev–Trinajstić information content (AvgIpc) is 2.23. The SMILES string of the molecule is Br.CC=C(C)C#CC1=C(C)C(=O)CCC1(C)C. The molecular formula is C15H21BrO. The van der Waals surface area contributed by atoms with E-state index >= 15 is 0 Å². The maximum atomic E-state index is 11.7. The van der Waals surface area contributed by atoms with Gasteiger partial charge in [-0.15, -0.1) is 17.0 Å². The molecule has 1 aliphatic rings. The molecule has 2 heteroatoms. The number of carbonyl (C=O) groups is 1. The van der Waals surface area contributed by atoms with Crippen LogP contribution in [0.4, 0.5) is 0 Å². The van der Waals surface area contributed by atoms with Gasteiger partial charge in [-0.05, 0) is 38.2 Å². The molecule has 0 amide bonds. The van der Waals surface area contributed by atoms with E-state index in [1.807, 2.05) is 26.8 Å². The van der Waals surface area contributed by atoms with Crippen LogP contribution in [0.1, 0.15) is 47.5 Å². The van der Waals surface area contributed by atoms with E-state index in [1.54, 1.807) is 0 Å². The maximum absolute atomic E-state index is 11.7. The minimum absolute atomic E-state index is 0. The first-order chi connectivity index (χ1) is 7.38. The molecule has 0 unspecified atom stereocenters. The summed E-state index contributed by atoms with van der Waals surface area (Å²) in [5, 5.41) is 0. The first kappa shape index (κ1) is 16.2. The number of carbonyl (C=O) groups excluding carboxylic acids is 1. The molecule has 0 heterocycles. The number of Topliss-reactive ketones (excluding diaryl/α,β-unsaturated/α-hetero) is 1. The molecule has 1 aliphatic carbocycles. The van der Waals surface area contributed by atoms with Crippen molar-refractivity contribution < 1.29 is 4.79 Å². The van der Waals surface area contributed by atoms with Gasteiger partial charge in [-0.2, -0.15) is 0 Å². The van der Waals surface area contributed by atoms with Gasteiger partial charge in [-0.25, -0.2) is 0 Å². The van der Waals surface area contributed by atoms with Crippen LogP contribution in [-0.2, 0) is 4.79 Å². The zero-order chi connectivity index (χ0) is 12.3. The molecule has 0 aromatic carbocycles. The molecule has 0 N–H and O–H groups in total. The van der Waals surface area contributed by atoms with Crippen molar-refractivity contribution in [1.82, 2.24) is 0 Å². The highest BCUT2D eigenvalue weighted by atomic mass is 79.9. The Bertz CT molecular complexity index is 428. The Kier molecular flexibility index (Phi) is 5.92. The normalized spacial score (nSPS) is 19.4. The van der Waals surface area contributed by atoms with Crippen molar-refractivity contribution >= 4 is 22.8 Å². The molecule has 0 bridgehead atoms. The second-order valence-electron chi connectivity index (χ2n) is 5.03. The molecule has 17 heavy (non-hydrogen) atoms. The number of rotatable bonds is 0. The Hall–Kier alpha value is -0.810. The van der Waals surface area contributed by atoms with Crippen LogP contribution in [0, 0.1) is 17.3 Å². The molecule has 0 saturated carbocycles. The van der Waals surface area contributed by atoms with Crippen LogP contribution in [0.2, 0.25) is 0 Å². The van der Waals surface area contributed by atoms with E-state index in [4.69, 9.17) is 0 Å². The van der Waals surface area contributed by atoms with Crippen LogP contribution in [-0.4, -0.2) is 5.78 Å². The van der Waals surface area contributed by atoms with E-state index in [0.29, 0.717) is 6.42 Å². The van der Waals surface area contributed by atoms with Crippen molar-refractivity contribution in [3.63, 3.8) is 0 Å². The second kappa shape index (κ2) is 6.21. The summed E-state index contributed by atoms with van der Waals surface area (Å²) < 4.78 is 0. The van der Waals surface area contributed by atoms with Crippen molar-refractivity contribution in [3.8, 4) is 11.8 Å². The predicted octanol–water partition coefficient (Wildman–Crippen LogP) is 4.24. The third-order valence-corrected chi connectivity index (χ3v) is 3.26. The monoisotopic (exact) mass is 296 g/mol. The fraction of sp³-hybridized carbons (Fsp3) is 0.533. The fourth-order valence-electron chi connectivity index (χ4n) is 1.88. The van der Waals surface area contributed by atoms with Crippen LogP contribution < -0.4 is 0 Å². The van der Waals surface area contributed by atoms with Gasteiger partial charge in [-0.3, -0.25) is 4.79 Å². The van der Waals surface area contributed by atoms with Gasteiger partial charge in [0, 0.05) is 17.6 Å². The van der Waals surface area contributed by atoms with E-state index in [9.17, 15) is 4.79 Å². The van der Waals surface area contributed by atoms with Gasteiger partial charge in [0.2, 0.25) is 0 Å². The van der Waals surface area contributed by atoms with Crippen LogP contribution in [0.5, 0.6) is 0 Å². The zero-order valence-corrected chi connectivity index (χ0v) is 13.0. The third kappa shape index (κ3) is 3.85. The lowest BCUT2D eigenvalue weighted by atomic mass is 9.72. The molecule has 0 aromatic heterocycles. The lowest BCUT2D eigenvalue weighted by Gasteiger charge is -2.30. The van der Waals surface area contributed by atoms with Gasteiger partial charge in [0.25, 0.3) is 0 Å². The van der Waals surface area contributed by atoms with Gasteiger partial charge in [0.15, 0.2) is 5.78 Å². The summed E-state index contributed by atoms with van der Waals surface area (Å²) >= 11 is 0. The summed E-state index contributed by atoms with van der Waals surface area (Å²) in [6.45, 7) is 10.2. The summed E-state index contributed by atoms with van der Waals surface area (Å²) in [7, 11) is 0. The van der Waals surface area contributed by atoms with E-state index < -0.39 is 0 Å². The van der Waals surface area contributed by atoms with Gasteiger partial charge in [0.05, 0.1) is 0 Å². The van der Waals surface area contributed by atoms with Crippen LogP contribution in [0.3, 0.4) is 0 Å². The van der Waals surface area contributed by atoms with Crippen molar-refractivity contribution in [2.75, 3.05) is 0 Å².